The van der Waals surface area contributed by atoms with Gasteiger partial charge in [-0.25, -0.2) is 9.78 Å². The Balaban J connectivity index is 2.12. The first kappa shape index (κ1) is 15.3. The predicted molar refractivity (Wildman–Crippen MR) is 82.0 cm³/mol. The van der Waals surface area contributed by atoms with Crippen LogP contribution in [0.4, 0.5) is 5.13 Å². The second-order valence-corrected chi connectivity index (χ2v) is 7.11. The topological polar surface area (TPSA) is 68.3 Å². The Morgan fingerprint density at radius 3 is 2.65 bits per heavy atom. The molecule has 1 N–H and O–H groups in total. The third kappa shape index (κ3) is 2.98. The summed E-state index contributed by atoms with van der Waals surface area (Å²) in [7, 11) is 1.29. The summed E-state index contributed by atoms with van der Waals surface area (Å²) in [5, 5.41) is 3.87. The molecule has 0 unspecified atom stereocenters. The summed E-state index contributed by atoms with van der Waals surface area (Å²) in [6.45, 7) is 2.23. The zero-order chi connectivity index (χ0) is 14.8. The van der Waals surface area contributed by atoms with Gasteiger partial charge in [0.1, 0.15) is 4.88 Å². The van der Waals surface area contributed by atoms with Crippen molar-refractivity contribution in [1.82, 2.24) is 4.98 Å². The number of ketones is 1. The van der Waals surface area contributed by atoms with Gasteiger partial charge in [-0.3, -0.25) is 4.79 Å². The molecule has 7 heteroatoms. The normalized spacial score (nSPS) is 16.4. The van der Waals surface area contributed by atoms with Crippen LogP contribution in [0.15, 0.2) is 0 Å². The molecule has 0 bridgehead atoms. The van der Waals surface area contributed by atoms with Crippen LogP contribution in [0, 0.1) is 0 Å². The van der Waals surface area contributed by atoms with Crippen LogP contribution in [0.25, 0.3) is 0 Å². The first-order chi connectivity index (χ1) is 9.51. The Morgan fingerprint density at radius 1 is 1.50 bits per heavy atom. The van der Waals surface area contributed by atoms with Gasteiger partial charge in [-0.15, -0.1) is 0 Å². The van der Waals surface area contributed by atoms with E-state index in [1.807, 2.05) is 11.8 Å². The fourth-order valence-electron chi connectivity index (χ4n) is 2.13. The van der Waals surface area contributed by atoms with Gasteiger partial charge in [0.25, 0.3) is 0 Å². The lowest BCUT2D eigenvalue weighted by atomic mass is 9.84. The molecule has 2 rings (SSSR count). The van der Waals surface area contributed by atoms with Crippen molar-refractivity contribution < 1.29 is 14.3 Å². The first-order valence-electron chi connectivity index (χ1n) is 6.40. The molecule has 20 heavy (non-hydrogen) atoms. The first-order valence-corrected chi connectivity index (χ1v) is 8.44. The van der Waals surface area contributed by atoms with E-state index in [9.17, 15) is 9.59 Å². The lowest BCUT2D eigenvalue weighted by Crippen LogP contribution is -2.40. The minimum atomic E-state index is -0.567. The predicted octanol–water partition coefficient (Wildman–Crippen LogP) is 2.83. The van der Waals surface area contributed by atoms with E-state index in [0.717, 1.165) is 6.54 Å². The smallest absolute Gasteiger partial charge is 0.358 e. The molecule has 1 aromatic rings. The number of methoxy groups -OCH3 is 1. The van der Waals surface area contributed by atoms with Gasteiger partial charge in [0.05, 0.1) is 7.11 Å². The van der Waals surface area contributed by atoms with Crippen LogP contribution in [0.1, 0.15) is 46.3 Å². The van der Waals surface area contributed by atoms with Crippen molar-refractivity contribution in [2.24, 2.45) is 0 Å². The number of anilines is 1. The van der Waals surface area contributed by atoms with E-state index in [-0.39, 0.29) is 16.2 Å². The van der Waals surface area contributed by atoms with Gasteiger partial charge in [0, 0.05) is 18.2 Å². The van der Waals surface area contributed by atoms with E-state index in [2.05, 4.69) is 21.3 Å². The van der Waals surface area contributed by atoms with Crippen molar-refractivity contribution >= 4 is 40.0 Å². The Kier molecular flexibility index (Phi) is 4.70. The maximum atomic E-state index is 11.6. The highest BCUT2D eigenvalue weighted by atomic mass is 32.2. The minimum Gasteiger partial charge on any atom is -0.464 e. The van der Waals surface area contributed by atoms with E-state index < -0.39 is 5.97 Å². The summed E-state index contributed by atoms with van der Waals surface area (Å²) in [6.07, 6.45) is 5.75. The molecule has 0 radical (unpaired) electrons. The van der Waals surface area contributed by atoms with E-state index in [1.165, 1.54) is 44.6 Å². The molecule has 0 spiro atoms. The molecule has 1 aliphatic rings. The van der Waals surface area contributed by atoms with Crippen LogP contribution >= 0.6 is 23.1 Å². The highest BCUT2D eigenvalue weighted by Crippen LogP contribution is 2.43. The monoisotopic (exact) mass is 314 g/mol. The summed E-state index contributed by atoms with van der Waals surface area (Å²) in [4.78, 5) is 27.7. The quantitative estimate of drug-likeness (QED) is 0.643. The molecule has 0 saturated heterocycles. The number of thioether (sulfide) groups is 1. The highest BCUT2D eigenvalue weighted by molar-refractivity contribution is 8.00. The van der Waals surface area contributed by atoms with Crippen molar-refractivity contribution in [3.05, 3.63) is 10.6 Å². The number of nitrogens with one attached hydrogen (secondary N) is 1. The van der Waals surface area contributed by atoms with Crippen LogP contribution < -0.4 is 5.32 Å². The summed E-state index contributed by atoms with van der Waals surface area (Å²) in [5.74, 6) is -0.734. The SMILES string of the molecule is COC(=O)c1nc(NCC2(SC)CCC2)sc1C(C)=O. The molecule has 5 nitrogen and oxygen atoms in total. The van der Waals surface area contributed by atoms with Gasteiger partial charge in [-0.1, -0.05) is 17.8 Å². The number of carbonyl (C=O) groups is 2. The second kappa shape index (κ2) is 6.13. The number of thiazole rings is 1. The summed E-state index contributed by atoms with van der Waals surface area (Å²) in [6, 6.07) is 0. The molecule has 1 heterocycles. The van der Waals surface area contributed by atoms with Crippen LogP contribution in [0.3, 0.4) is 0 Å². The van der Waals surface area contributed by atoms with Gasteiger partial charge in [-0.2, -0.15) is 11.8 Å². The van der Waals surface area contributed by atoms with Crippen molar-refractivity contribution in [2.75, 3.05) is 25.2 Å². The summed E-state index contributed by atoms with van der Waals surface area (Å²) < 4.78 is 4.93. The van der Waals surface area contributed by atoms with E-state index in [1.54, 1.807) is 0 Å². The maximum absolute atomic E-state index is 11.6. The number of ether oxygens (including phenoxy) is 1. The molecule has 0 aliphatic heterocycles. The summed E-state index contributed by atoms with van der Waals surface area (Å²) in [5.41, 5.74) is 0.110. The number of hydrogen-bond donors (Lipinski definition) is 1. The molecular formula is C13H18N2O3S2. The van der Waals surface area contributed by atoms with Crippen molar-refractivity contribution in [2.45, 2.75) is 30.9 Å². The third-order valence-electron chi connectivity index (χ3n) is 3.59. The average molecular weight is 314 g/mol. The average Bonchev–Trinajstić information content (AvgIpc) is 2.81. The number of hydrogen-bond acceptors (Lipinski definition) is 7. The standard InChI is InChI=1S/C13H18N2O3S2/c1-8(16)10-9(11(17)18-2)15-12(20-10)14-7-13(19-3)5-4-6-13/h4-7H2,1-3H3,(H,14,15). The molecule has 1 saturated carbocycles. The number of esters is 1. The fraction of sp³-hybridized carbons (Fsp3) is 0.615. The van der Waals surface area contributed by atoms with Crippen LogP contribution in [0.2, 0.25) is 0 Å². The van der Waals surface area contributed by atoms with Crippen molar-refractivity contribution in [1.29, 1.82) is 0 Å². The number of rotatable bonds is 6. The van der Waals surface area contributed by atoms with E-state index in [0.29, 0.717) is 10.0 Å². The summed E-state index contributed by atoms with van der Waals surface area (Å²) >= 11 is 3.08. The Labute approximate surface area is 126 Å². The maximum Gasteiger partial charge on any atom is 0.358 e. The van der Waals surface area contributed by atoms with Crippen LogP contribution in [-0.4, -0.2) is 41.4 Å². The third-order valence-corrected chi connectivity index (χ3v) is 6.12. The second-order valence-electron chi connectivity index (χ2n) is 4.84. The fourth-order valence-corrected chi connectivity index (χ4v) is 3.89. The number of aromatic nitrogens is 1. The van der Waals surface area contributed by atoms with Gasteiger partial charge in [0.15, 0.2) is 16.6 Å². The van der Waals surface area contributed by atoms with Gasteiger partial charge >= 0.3 is 5.97 Å². The highest BCUT2D eigenvalue weighted by Gasteiger charge is 2.36. The number of Topliss-reactive ketones (excluding diaryl/α,β-unsaturated/α-hetero) is 1. The number of carbonyl (C=O) groups excluding carboxylic acids is 2. The Bertz CT molecular complexity index is 518. The largest absolute Gasteiger partial charge is 0.464 e. The number of nitrogens with zero attached hydrogens (tertiary/aromatic N) is 1. The molecule has 1 aliphatic carbocycles. The molecule has 110 valence electrons. The van der Waals surface area contributed by atoms with Gasteiger partial charge in [-0.05, 0) is 19.1 Å². The molecule has 0 amide bonds. The molecule has 1 aromatic heterocycles. The minimum absolute atomic E-state index is 0.110. The van der Waals surface area contributed by atoms with E-state index in [4.69, 9.17) is 0 Å². The molecule has 1 fully saturated rings. The van der Waals surface area contributed by atoms with Crippen molar-refractivity contribution in [3.63, 3.8) is 0 Å². The van der Waals surface area contributed by atoms with E-state index >= 15 is 0 Å². The molecule has 0 atom stereocenters. The van der Waals surface area contributed by atoms with Crippen LogP contribution in [0.5, 0.6) is 0 Å². The lowest BCUT2D eigenvalue weighted by molar-refractivity contribution is 0.0591. The van der Waals surface area contributed by atoms with Gasteiger partial charge < -0.3 is 10.1 Å². The van der Waals surface area contributed by atoms with Crippen molar-refractivity contribution in [3.8, 4) is 0 Å². The Hall–Kier alpha value is -1.08. The zero-order valence-electron chi connectivity index (χ0n) is 11.8. The zero-order valence-corrected chi connectivity index (χ0v) is 13.4. The molecular weight excluding hydrogens is 296 g/mol. The Morgan fingerprint density at radius 2 is 2.20 bits per heavy atom. The van der Waals surface area contributed by atoms with Crippen LogP contribution in [-0.2, 0) is 4.74 Å². The van der Waals surface area contributed by atoms with Gasteiger partial charge in [0.2, 0.25) is 0 Å². The lowest BCUT2D eigenvalue weighted by Gasteiger charge is -2.40. The molecule has 0 aromatic carbocycles.